The fraction of sp³-hybridized carbons (Fsp3) is 0.714. The average Bonchev–Trinajstić information content (AvgIpc) is 2.40. The summed E-state index contributed by atoms with van der Waals surface area (Å²) >= 11 is 0. The molecule has 0 radical (unpaired) electrons. The van der Waals surface area contributed by atoms with E-state index >= 15 is 0 Å². The van der Waals surface area contributed by atoms with Crippen LogP contribution >= 0.6 is 0 Å². The molecule has 0 saturated carbocycles. The number of nitrogens with one attached hydrogen (secondary N) is 2. The van der Waals surface area contributed by atoms with E-state index in [-0.39, 0.29) is 0 Å². The van der Waals surface area contributed by atoms with Crippen LogP contribution in [0.5, 0.6) is 0 Å². The highest BCUT2D eigenvalue weighted by molar-refractivity contribution is 5.89. The Morgan fingerprint density at radius 3 is 1.95 bits per heavy atom. The van der Waals surface area contributed by atoms with Crippen molar-refractivity contribution >= 4 is 11.9 Å². The monoisotopic (exact) mass is 288 g/mol. The van der Waals surface area contributed by atoms with Gasteiger partial charge in [-0.05, 0) is 44.9 Å². The second kappa shape index (κ2) is 15.7. The highest BCUT2D eigenvalue weighted by Crippen LogP contribution is 2.02. The van der Waals surface area contributed by atoms with E-state index in [1.165, 1.54) is 25.9 Å². The Balaban J connectivity index is 0. The molecule has 20 heavy (non-hydrogen) atoms. The van der Waals surface area contributed by atoms with Crippen molar-refractivity contribution in [2.75, 3.05) is 26.2 Å². The normalized spacial score (nSPS) is 11.8. The van der Waals surface area contributed by atoms with Gasteiger partial charge in [0.05, 0.1) is 0 Å². The van der Waals surface area contributed by atoms with Crippen molar-refractivity contribution in [3.05, 3.63) is 12.2 Å². The maximum absolute atomic E-state index is 9.55. The molecule has 6 heteroatoms. The first kappa shape index (κ1) is 20.9. The van der Waals surface area contributed by atoms with Crippen molar-refractivity contribution in [3.8, 4) is 0 Å². The third-order valence-corrected chi connectivity index (χ3v) is 2.41. The number of hydrogen-bond donors (Lipinski definition) is 4. The standard InChI is InChI=1S/C10H24N2.C4H4O4/c1-4-11-8-6-7-10(3)9-12-5-2;5-3(6)1-2-4(7)8/h10-12H,4-9H2,1-3H3;1-2H,(H,5,6)(H,7,8)/b;2-1-. The van der Waals surface area contributed by atoms with Gasteiger partial charge in [-0.15, -0.1) is 0 Å². The smallest absolute Gasteiger partial charge is 0.328 e. The Kier molecular flexibility index (Phi) is 16.4. The molecule has 1 unspecified atom stereocenters. The summed E-state index contributed by atoms with van der Waals surface area (Å²) in [5.74, 6) is -1.69. The van der Waals surface area contributed by atoms with Crippen LogP contribution in [0.1, 0.15) is 33.6 Å². The second-order valence-electron chi connectivity index (χ2n) is 4.42. The first-order valence-corrected chi connectivity index (χ1v) is 6.99. The molecule has 0 aromatic carbocycles. The van der Waals surface area contributed by atoms with Crippen LogP contribution in [-0.2, 0) is 9.59 Å². The van der Waals surface area contributed by atoms with Crippen LogP contribution in [0.15, 0.2) is 12.2 Å². The van der Waals surface area contributed by atoms with Crippen LogP contribution in [-0.4, -0.2) is 48.3 Å². The molecule has 0 fully saturated rings. The zero-order chi connectivity index (χ0) is 15.8. The van der Waals surface area contributed by atoms with E-state index in [1.807, 2.05) is 0 Å². The van der Waals surface area contributed by atoms with E-state index < -0.39 is 11.9 Å². The van der Waals surface area contributed by atoms with Crippen molar-refractivity contribution in [1.82, 2.24) is 10.6 Å². The third-order valence-electron chi connectivity index (χ3n) is 2.41. The predicted octanol–water partition coefficient (Wildman–Crippen LogP) is 1.33. The number of carboxylic acids is 2. The highest BCUT2D eigenvalue weighted by atomic mass is 16.4. The maximum Gasteiger partial charge on any atom is 0.328 e. The Labute approximate surface area is 121 Å². The van der Waals surface area contributed by atoms with Gasteiger partial charge < -0.3 is 20.8 Å². The number of aliphatic carboxylic acids is 2. The molecule has 0 aliphatic carbocycles. The van der Waals surface area contributed by atoms with Crippen LogP contribution in [0.3, 0.4) is 0 Å². The highest BCUT2D eigenvalue weighted by Gasteiger charge is 1.99. The second-order valence-corrected chi connectivity index (χ2v) is 4.42. The van der Waals surface area contributed by atoms with E-state index in [0.29, 0.717) is 12.2 Å². The first-order valence-electron chi connectivity index (χ1n) is 6.99. The van der Waals surface area contributed by atoms with Gasteiger partial charge in [-0.3, -0.25) is 0 Å². The summed E-state index contributed by atoms with van der Waals surface area (Å²) in [4.78, 5) is 19.1. The van der Waals surface area contributed by atoms with Gasteiger partial charge in [0.1, 0.15) is 0 Å². The molecule has 0 heterocycles. The minimum absolute atomic E-state index is 0.558. The van der Waals surface area contributed by atoms with Gasteiger partial charge in [0.15, 0.2) is 0 Å². The van der Waals surface area contributed by atoms with Gasteiger partial charge in [-0.25, -0.2) is 9.59 Å². The summed E-state index contributed by atoms with van der Waals surface area (Å²) in [6, 6.07) is 0. The molecular weight excluding hydrogens is 260 g/mol. The quantitative estimate of drug-likeness (QED) is 0.357. The van der Waals surface area contributed by atoms with Crippen LogP contribution in [0.25, 0.3) is 0 Å². The van der Waals surface area contributed by atoms with Crippen LogP contribution in [0.4, 0.5) is 0 Å². The minimum atomic E-state index is -1.26. The van der Waals surface area contributed by atoms with Crippen LogP contribution in [0, 0.1) is 5.92 Å². The molecule has 0 aromatic rings. The van der Waals surface area contributed by atoms with Crippen molar-refractivity contribution in [3.63, 3.8) is 0 Å². The molecule has 4 N–H and O–H groups in total. The summed E-state index contributed by atoms with van der Waals surface area (Å²) in [7, 11) is 0. The van der Waals surface area contributed by atoms with Crippen molar-refractivity contribution in [2.24, 2.45) is 5.92 Å². The molecule has 0 saturated heterocycles. The van der Waals surface area contributed by atoms with Gasteiger partial charge in [-0.1, -0.05) is 20.8 Å². The molecule has 0 aliphatic rings. The molecular formula is C14H28N2O4. The molecule has 0 spiro atoms. The number of carbonyl (C=O) groups is 2. The minimum Gasteiger partial charge on any atom is -0.478 e. The van der Waals surface area contributed by atoms with Crippen LogP contribution in [0.2, 0.25) is 0 Å². The van der Waals surface area contributed by atoms with Crippen molar-refractivity contribution < 1.29 is 19.8 Å². The summed E-state index contributed by atoms with van der Waals surface area (Å²) < 4.78 is 0. The molecule has 0 amide bonds. The van der Waals surface area contributed by atoms with E-state index in [9.17, 15) is 9.59 Å². The zero-order valence-corrected chi connectivity index (χ0v) is 12.7. The van der Waals surface area contributed by atoms with Gasteiger partial charge >= 0.3 is 11.9 Å². The lowest BCUT2D eigenvalue weighted by Gasteiger charge is -2.11. The molecule has 118 valence electrons. The number of hydrogen-bond acceptors (Lipinski definition) is 4. The lowest BCUT2D eigenvalue weighted by atomic mass is 10.1. The Morgan fingerprint density at radius 2 is 1.55 bits per heavy atom. The molecule has 0 aliphatic heterocycles. The van der Waals surface area contributed by atoms with Gasteiger partial charge in [0.2, 0.25) is 0 Å². The maximum atomic E-state index is 9.55. The fourth-order valence-electron chi connectivity index (χ4n) is 1.39. The predicted molar refractivity (Wildman–Crippen MR) is 79.9 cm³/mol. The summed E-state index contributed by atoms with van der Waals surface area (Å²) in [6.07, 6.45) is 3.76. The lowest BCUT2D eigenvalue weighted by Crippen LogP contribution is -2.22. The largest absolute Gasteiger partial charge is 0.478 e. The summed E-state index contributed by atoms with van der Waals surface area (Å²) in [5.41, 5.74) is 0. The summed E-state index contributed by atoms with van der Waals surface area (Å²) in [6.45, 7) is 11.2. The van der Waals surface area contributed by atoms with Gasteiger partial charge in [-0.2, -0.15) is 0 Å². The molecule has 0 aromatic heterocycles. The van der Waals surface area contributed by atoms with Crippen molar-refractivity contribution in [2.45, 2.75) is 33.6 Å². The Morgan fingerprint density at radius 1 is 1.05 bits per heavy atom. The van der Waals surface area contributed by atoms with Gasteiger partial charge in [0.25, 0.3) is 0 Å². The fourth-order valence-corrected chi connectivity index (χ4v) is 1.39. The summed E-state index contributed by atoms with van der Waals surface area (Å²) in [5, 5.41) is 22.3. The molecule has 0 rings (SSSR count). The Bertz CT molecular complexity index is 264. The first-order chi connectivity index (χ1) is 9.43. The molecule has 0 bridgehead atoms. The van der Waals surface area contributed by atoms with E-state index in [0.717, 1.165) is 19.0 Å². The number of carboxylic acid groups (broad SMARTS) is 2. The van der Waals surface area contributed by atoms with E-state index in [4.69, 9.17) is 10.2 Å². The van der Waals surface area contributed by atoms with Crippen molar-refractivity contribution in [1.29, 1.82) is 0 Å². The third kappa shape index (κ3) is 21.8. The van der Waals surface area contributed by atoms with Gasteiger partial charge in [0, 0.05) is 12.2 Å². The van der Waals surface area contributed by atoms with E-state index in [1.54, 1.807) is 0 Å². The van der Waals surface area contributed by atoms with Crippen LogP contribution < -0.4 is 10.6 Å². The average molecular weight is 288 g/mol. The molecule has 1 atom stereocenters. The SMILES string of the molecule is CCNCCCC(C)CNCC.O=C(O)/C=C\C(=O)O. The topological polar surface area (TPSA) is 98.7 Å². The zero-order valence-electron chi connectivity index (χ0n) is 12.7. The lowest BCUT2D eigenvalue weighted by molar-refractivity contribution is -0.134. The van der Waals surface area contributed by atoms with E-state index in [2.05, 4.69) is 31.4 Å². The number of rotatable bonds is 10. The Hall–Kier alpha value is -1.40. The molecule has 6 nitrogen and oxygen atoms in total.